The van der Waals surface area contributed by atoms with Crippen molar-refractivity contribution < 1.29 is 13.2 Å². The summed E-state index contributed by atoms with van der Waals surface area (Å²) in [6.07, 6.45) is 1.27. The van der Waals surface area contributed by atoms with Crippen LogP contribution in [0.4, 0.5) is 0 Å². The van der Waals surface area contributed by atoms with Gasteiger partial charge in [-0.3, -0.25) is 0 Å². The Bertz CT molecular complexity index is 543. The van der Waals surface area contributed by atoms with Gasteiger partial charge in [0.25, 0.3) is 10.0 Å². The second-order valence-electron chi connectivity index (χ2n) is 4.52. The highest BCUT2D eigenvalue weighted by Gasteiger charge is 2.37. The van der Waals surface area contributed by atoms with Crippen LogP contribution in [0.5, 0.6) is 0 Å². The summed E-state index contributed by atoms with van der Waals surface area (Å²) in [7, 11) is -2.01. The summed E-state index contributed by atoms with van der Waals surface area (Å²) in [5.41, 5.74) is 0. The molecule has 0 N–H and O–H groups in total. The average Bonchev–Trinajstić information content (AvgIpc) is 2.63. The first-order chi connectivity index (χ1) is 8.34. The van der Waals surface area contributed by atoms with Crippen molar-refractivity contribution >= 4 is 21.6 Å². The predicted octanol–water partition coefficient (Wildman–Crippen LogP) is 0.871. The van der Waals surface area contributed by atoms with Gasteiger partial charge in [-0.15, -0.1) is 0 Å². The van der Waals surface area contributed by atoms with Crippen molar-refractivity contribution in [3.63, 3.8) is 0 Å². The highest BCUT2D eigenvalue weighted by molar-refractivity contribution is 7.89. The Morgan fingerprint density at radius 3 is 2.72 bits per heavy atom. The van der Waals surface area contributed by atoms with Gasteiger partial charge in [-0.25, -0.2) is 13.4 Å². The molecule has 0 spiro atoms. The third-order valence-corrected chi connectivity index (χ3v) is 5.41. The number of hydrogen-bond donors (Lipinski definition) is 0. The van der Waals surface area contributed by atoms with Crippen LogP contribution in [0.15, 0.2) is 11.4 Å². The quantitative estimate of drug-likeness (QED) is 0.812. The van der Waals surface area contributed by atoms with Crippen LogP contribution in [0, 0.1) is 0 Å². The van der Waals surface area contributed by atoms with Gasteiger partial charge in [0, 0.05) is 19.6 Å². The van der Waals surface area contributed by atoms with Gasteiger partial charge >= 0.3 is 0 Å². The molecule has 1 fully saturated rings. The fraction of sp³-hybridized carbons (Fsp3) is 0.700. The van der Waals surface area contributed by atoms with E-state index < -0.39 is 10.0 Å². The molecule has 1 aromatic rings. The third-order valence-electron chi connectivity index (χ3n) is 2.94. The van der Waals surface area contributed by atoms with E-state index in [1.54, 1.807) is 14.0 Å². The van der Waals surface area contributed by atoms with Gasteiger partial charge in [0.2, 0.25) is 5.03 Å². The second kappa shape index (κ2) is 4.80. The molecule has 1 saturated heterocycles. The molecule has 6 nitrogen and oxygen atoms in total. The molecule has 2 rings (SSSR count). The Balaban J connectivity index is 2.39. The number of sulfonamides is 1. The first-order valence-electron chi connectivity index (χ1n) is 5.64. The maximum atomic E-state index is 12.5. The van der Waals surface area contributed by atoms with Gasteiger partial charge in [-0.1, -0.05) is 11.6 Å². The lowest BCUT2D eigenvalue weighted by molar-refractivity contribution is -0.0171. The standard InChI is InChI=1S/C10H16ClN3O3S/c1-7-5-17-8(2)4-14(7)18(15,16)10-9(11)13(3)6-12-10/h6-8H,4-5H2,1-3H3/t7-,8-/m1/s1. The highest BCUT2D eigenvalue weighted by atomic mass is 35.5. The normalized spacial score (nSPS) is 26.4. The Morgan fingerprint density at radius 1 is 1.50 bits per heavy atom. The minimum absolute atomic E-state index is 0.0902. The highest BCUT2D eigenvalue weighted by Crippen LogP contribution is 2.26. The van der Waals surface area contributed by atoms with Crippen LogP contribution in [0.2, 0.25) is 5.15 Å². The molecule has 2 atom stereocenters. The molecule has 1 aromatic heterocycles. The smallest absolute Gasteiger partial charge is 0.264 e. The van der Waals surface area contributed by atoms with Gasteiger partial charge in [-0.05, 0) is 13.8 Å². The van der Waals surface area contributed by atoms with Crippen molar-refractivity contribution in [2.75, 3.05) is 13.2 Å². The topological polar surface area (TPSA) is 64.4 Å². The number of halogens is 1. The number of aryl methyl sites for hydroxylation is 1. The number of rotatable bonds is 2. The lowest BCUT2D eigenvalue weighted by Crippen LogP contribution is -2.50. The fourth-order valence-corrected chi connectivity index (χ4v) is 3.97. The molecule has 1 aliphatic rings. The maximum absolute atomic E-state index is 12.5. The zero-order valence-electron chi connectivity index (χ0n) is 10.5. The third kappa shape index (κ3) is 2.27. The van der Waals surface area contributed by atoms with E-state index in [0.29, 0.717) is 13.2 Å². The van der Waals surface area contributed by atoms with Crippen molar-refractivity contribution in [3.8, 4) is 0 Å². The van der Waals surface area contributed by atoms with Crippen molar-refractivity contribution in [3.05, 3.63) is 11.5 Å². The number of morpholine rings is 1. The SMILES string of the molecule is C[C@@H]1CN(S(=O)(=O)c2ncn(C)c2Cl)[C@H](C)CO1. The van der Waals surface area contributed by atoms with E-state index >= 15 is 0 Å². The molecule has 0 aliphatic carbocycles. The number of imidazole rings is 1. The molecule has 18 heavy (non-hydrogen) atoms. The molecular weight excluding hydrogens is 278 g/mol. The number of aromatic nitrogens is 2. The van der Waals surface area contributed by atoms with Crippen LogP contribution < -0.4 is 0 Å². The molecule has 1 aliphatic heterocycles. The van der Waals surface area contributed by atoms with E-state index in [9.17, 15) is 8.42 Å². The number of hydrogen-bond acceptors (Lipinski definition) is 4. The van der Waals surface area contributed by atoms with E-state index in [1.165, 1.54) is 15.2 Å². The summed E-state index contributed by atoms with van der Waals surface area (Å²) < 4.78 is 33.3. The van der Waals surface area contributed by atoms with Crippen molar-refractivity contribution in [1.29, 1.82) is 0 Å². The zero-order valence-corrected chi connectivity index (χ0v) is 12.1. The lowest BCUT2D eigenvalue weighted by atomic mass is 10.2. The molecule has 0 unspecified atom stereocenters. The molecule has 0 bridgehead atoms. The fourth-order valence-electron chi connectivity index (χ4n) is 1.89. The maximum Gasteiger partial charge on any atom is 0.264 e. The van der Waals surface area contributed by atoms with Crippen LogP contribution >= 0.6 is 11.6 Å². The second-order valence-corrected chi connectivity index (χ2v) is 6.68. The summed E-state index contributed by atoms with van der Waals surface area (Å²) in [5.74, 6) is 0. The average molecular weight is 294 g/mol. The number of nitrogens with zero attached hydrogens (tertiary/aromatic N) is 3. The van der Waals surface area contributed by atoms with Gasteiger partial charge in [0.1, 0.15) is 5.15 Å². The summed E-state index contributed by atoms with van der Waals surface area (Å²) in [6, 6.07) is -0.218. The number of ether oxygens (including phenoxy) is 1. The Morgan fingerprint density at radius 2 is 2.17 bits per heavy atom. The van der Waals surface area contributed by atoms with Gasteiger partial charge < -0.3 is 9.30 Å². The van der Waals surface area contributed by atoms with E-state index in [-0.39, 0.29) is 22.3 Å². The lowest BCUT2D eigenvalue weighted by Gasteiger charge is -2.35. The first kappa shape index (κ1) is 13.8. The largest absolute Gasteiger partial charge is 0.375 e. The van der Waals surface area contributed by atoms with Crippen molar-refractivity contribution in [2.45, 2.75) is 31.0 Å². The van der Waals surface area contributed by atoms with Gasteiger partial charge in [0.05, 0.1) is 19.0 Å². The van der Waals surface area contributed by atoms with Crippen LogP contribution in [0.3, 0.4) is 0 Å². The Kier molecular flexibility index (Phi) is 3.68. The van der Waals surface area contributed by atoms with E-state index in [0.717, 1.165) is 0 Å². The minimum Gasteiger partial charge on any atom is -0.375 e. The van der Waals surface area contributed by atoms with Crippen LogP contribution in [0.25, 0.3) is 0 Å². The van der Waals surface area contributed by atoms with Gasteiger partial charge in [0.15, 0.2) is 0 Å². The zero-order chi connectivity index (χ0) is 13.5. The van der Waals surface area contributed by atoms with E-state index in [2.05, 4.69) is 4.98 Å². The van der Waals surface area contributed by atoms with Crippen LogP contribution in [-0.4, -0.2) is 47.6 Å². The monoisotopic (exact) mass is 293 g/mol. The molecule has 8 heteroatoms. The summed E-state index contributed by atoms with van der Waals surface area (Å²) in [6.45, 7) is 4.34. The minimum atomic E-state index is -3.66. The molecular formula is C10H16ClN3O3S. The van der Waals surface area contributed by atoms with E-state index in [1.807, 2.05) is 6.92 Å². The van der Waals surface area contributed by atoms with Crippen molar-refractivity contribution in [1.82, 2.24) is 13.9 Å². The summed E-state index contributed by atoms with van der Waals surface area (Å²) >= 11 is 5.96. The van der Waals surface area contributed by atoms with Crippen molar-refractivity contribution in [2.24, 2.45) is 7.05 Å². The van der Waals surface area contributed by atoms with Gasteiger partial charge in [-0.2, -0.15) is 4.31 Å². The predicted molar refractivity (Wildman–Crippen MR) is 67.0 cm³/mol. The molecule has 0 radical (unpaired) electrons. The molecule has 0 saturated carbocycles. The molecule has 0 amide bonds. The van der Waals surface area contributed by atoms with E-state index in [4.69, 9.17) is 16.3 Å². The summed E-state index contributed by atoms with van der Waals surface area (Å²) in [5, 5.41) is 0.0361. The van der Waals surface area contributed by atoms with Crippen LogP contribution in [-0.2, 0) is 21.8 Å². The Hall–Kier alpha value is -0.630. The van der Waals surface area contributed by atoms with Crippen LogP contribution in [0.1, 0.15) is 13.8 Å². The Labute approximate surface area is 112 Å². The molecule has 102 valence electrons. The molecule has 2 heterocycles. The molecule has 0 aromatic carbocycles. The summed E-state index contributed by atoms with van der Waals surface area (Å²) in [4.78, 5) is 3.88. The first-order valence-corrected chi connectivity index (χ1v) is 7.46.